The molecule has 0 saturated carbocycles. The first-order valence-electron chi connectivity index (χ1n) is 6.38. The van der Waals surface area contributed by atoms with E-state index < -0.39 is 5.97 Å². The first-order valence-corrected chi connectivity index (χ1v) is 6.38. The van der Waals surface area contributed by atoms with Crippen LogP contribution >= 0.6 is 0 Å². The number of aromatic carboxylic acids is 1. The van der Waals surface area contributed by atoms with Crippen molar-refractivity contribution in [3.05, 3.63) is 59.7 Å². The van der Waals surface area contributed by atoms with E-state index in [0.29, 0.717) is 12.3 Å². The summed E-state index contributed by atoms with van der Waals surface area (Å²) in [4.78, 5) is 11.2. The molecule has 0 fully saturated rings. The van der Waals surface area contributed by atoms with Crippen LogP contribution in [0.4, 0.5) is 11.4 Å². The summed E-state index contributed by atoms with van der Waals surface area (Å²) in [6, 6.07) is 14.7. The summed E-state index contributed by atoms with van der Waals surface area (Å²) in [5.41, 5.74) is 2.84. The minimum atomic E-state index is -0.942. The molecule has 0 bridgehead atoms. The van der Waals surface area contributed by atoms with Gasteiger partial charge in [-0.2, -0.15) is 0 Å². The zero-order chi connectivity index (χ0) is 14.4. The Balaban J connectivity index is 2.28. The molecule has 2 rings (SSSR count). The maximum absolute atomic E-state index is 11.2. The van der Waals surface area contributed by atoms with Crippen LogP contribution in [0.15, 0.2) is 48.5 Å². The number of rotatable bonds is 6. The number of carboxylic acid groups (broad SMARTS) is 1. The number of hydrogen-bond donors (Lipinski definition) is 2. The smallest absolute Gasteiger partial charge is 0.337 e. The van der Waals surface area contributed by atoms with Gasteiger partial charge in [-0.05, 0) is 30.2 Å². The van der Waals surface area contributed by atoms with Crippen LogP contribution < -0.4 is 5.32 Å². The molecule has 0 radical (unpaired) electrons. The molecule has 0 aliphatic heterocycles. The number of methoxy groups -OCH3 is 1. The van der Waals surface area contributed by atoms with Crippen molar-refractivity contribution in [2.75, 3.05) is 19.0 Å². The van der Waals surface area contributed by atoms with E-state index in [9.17, 15) is 9.90 Å². The standard InChI is InChI=1S/C16H17NO3/c1-20-11-10-12-6-2-4-8-14(12)17-15-9-5-3-7-13(15)16(18)19/h2-9,17H,10-11H2,1H3,(H,18,19). The fourth-order valence-corrected chi connectivity index (χ4v) is 2.00. The number of nitrogens with one attached hydrogen (secondary N) is 1. The Kier molecular flexibility index (Phi) is 4.74. The molecular weight excluding hydrogens is 254 g/mol. The third-order valence-corrected chi connectivity index (χ3v) is 3.02. The van der Waals surface area contributed by atoms with Crippen molar-refractivity contribution in [1.29, 1.82) is 0 Å². The predicted octanol–water partition coefficient (Wildman–Crippen LogP) is 3.32. The van der Waals surface area contributed by atoms with Crippen LogP contribution in [0.25, 0.3) is 0 Å². The highest BCUT2D eigenvalue weighted by Crippen LogP contribution is 2.24. The van der Waals surface area contributed by atoms with Crippen molar-refractivity contribution in [3.63, 3.8) is 0 Å². The fourth-order valence-electron chi connectivity index (χ4n) is 2.00. The Morgan fingerprint density at radius 2 is 1.75 bits per heavy atom. The number of para-hydroxylation sites is 2. The summed E-state index contributed by atoms with van der Waals surface area (Å²) in [5, 5.41) is 12.4. The second-order valence-electron chi connectivity index (χ2n) is 4.38. The topological polar surface area (TPSA) is 58.6 Å². The molecule has 0 atom stereocenters. The summed E-state index contributed by atoms with van der Waals surface area (Å²) < 4.78 is 5.09. The molecule has 0 heterocycles. The number of ether oxygens (including phenoxy) is 1. The van der Waals surface area contributed by atoms with Gasteiger partial charge in [0.05, 0.1) is 17.9 Å². The maximum Gasteiger partial charge on any atom is 0.337 e. The summed E-state index contributed by atoms with van der Waals surface area (Å²) >= 11 is 0. The number of carboxylic acids is 1. The summed E-state index contributed by atoms with van der Waals surface area (Å²) in [6.45, 7) is 0.624. The van der Waals surface area contributed by atoms with Crippen molar-refractivity contribution in [2.45, 2.75) is 6.42 Å². The van der Waals surface area contributed by atoms with Gasteiger partial charge in [0.2, 0.25) is 0 Å². The summed E-state index contributed by atoms with van der Waals surface area (Å²) in [5.74, 6) is -0.942. The molecule has 4 heteroatoms. The molecule has 0 aliphatic carbocycles. The highest BCUT2D eigenvalue weighted by atomic mass is 16.5. The van der Waals surface area contributed by atoms with Gasteiger partial charge in [-0.25, -0.2) is 4.79 Å². The minimum Gasteiger partial charge on any atom is -0.478 e. The molecule has 0 aliphatic rings. The van der Waals surface area contributed by atoms with Gasteiger partial charge in [0, 0.05) is 12.8 Å². The number of hydrogen-bond acceptors (Lipinski definition) is 3. The zero-order valence-electron chi connectivity index (χ0n) is 11.3. The van der Waals surface area contributed by atoms with Crippen LogP contribution in [-0.4, -0.2) is 24.8 Å². The van der Waals surface area contributed by atoms with E-state index in [-0.39, 0.29) is 5.56 Å². The lowest BCUT2D eigenvalue weighted by atomic mass is 10.1. The number of benzene rings is 2. The molecule has 0 unspecified atom stereocenters. The van der Waals surface area contributed by atoms with Gasteiger partial charge >= 0.3 is 5.97 Å². The molecule has 104 valence electrons. The molecule has 2 aromatic carbocycles. The van der Waals surface area contributed by atoms with Crippen molar-refractivity contribution < 1.29 is 14.6 Å². The van der Waals surface area contributed by atoms with E-state index in [1.54, 1.807) is 25.3 Å². The SMILES string of the molecule is COCCc1ccccc1Nc1ccccc1C(=O)O. The van der Waals surface area contributed by atoms with Gasteiger partial charge in [0.1, 0.15) is 0 Å². The monoisotopic (exact) mass is 271 g/mol. The predicted molar refractivity (Wildman–Crippen MR) is 78.7 cm³/mol. The fraction of sp³-hybridized carbons (Fsp3) is 0.188. The number of anilines is 2. The van der Waals surface area contributed by atoms with Crippen LogP contribution in [0.3, 0.4) is 0 Å². The van der Waals surface area contributed by atoms with Gasteiger partial charge in [-0.3, -0.25) is 0 Å². The zero-order valence-corrected chi connectivity index (χ0v) is 11.3. The normalized spacial score (nSPS) is 10.2. The first kappa shape index (κ1) is 14.1. The highest BCUT2D eigenvalue weighted by Gasteiger charge is 2.10. The molecule has 2 aromatic rings. The van der Waals surface area contributed by atoms with Crippen LogP contribution in [-0.2, 0) is 11.2 Å². The van der Waals surface area contributed by atoms with Crippen LogP contribution in [0, 0.1) is 0 Å². The van der Waals surface area contributed by atoms with Crippen molar-refractivity contribution in [1.82, 2.24) is 0 Å². The Hall–Kier alpha value is -2.33. The van der Waals surface area contributed by atoms with E-state index in [1.807, 2.05) is 30.3 Å². The Bertz CT molecular complexity index is 596. The van der Waals surface area contributed by atoms with E-state index >= 15 is 0 Å². The van der Waals surface area contributed by atoms with Crippen molar-refractivity contribution >= 4 is 17.3 Å². The second-order valence-corrected chi connectivity index (χ2v) is 4.38. The van der Waals surface area contributed by atoms with Crippen molar-refractivity contribution in [3.8, 4) is 0 Å². The largest absolute Gasteiger partial charge is 0.478 e. The van der Waals surface area contributed by atoms with Crippen LogP contribution in [0.5, 0.6) is 0 Å². The molecule has 20 heavy (non-hydrogen) atoms. The molecule has 2 N–H and O–H groups in total. The van der Waals surface area contributed by atoms with Gasteiger partial charge in [-0.1, -0.05) is 30.3 Å². The summed E-state index contributed by atoms with van der Waals surface area (Å²) in [6.07, 6.45) is 0.773. The molecule has 0 saturated heterocycles. The average Bonchev–Trinajstić information content (AvgIpc) is 2.47. The third kappa shape index (κ3) is 3.36. The minimum absolute atomic E-state index is 0.258. The average molecular weight is 271 g/mol. The molecule has 0 spiro atoms. The molecule has 0 amide bonds. The van der Waals surface area contributed by atoms with Gasteiger partial charge in [0.25, 0.3) is 0 Å². The molecular formula is C16H17NO3. The lowest BCUT2D eigenvalue weighted by Gasteiger charge is -2.13. The second kappa shape index (κ2) is 6.73. The van der Waals surface area contributed by atoms with Crippen molar-refractivity contribution in [2.24, 2.45) is 0 Å². The molecule has 4 nitrogen and oxygen atoms in total. The Labute approximate surface area is 118 Å². The van der Waals surface area contributed by atoms with Gasteiger partial charge in [-0.15, -0.1) is 0 Å². The Morgan fingerprint density at radius 1 is 1.10 bits per heavy atom. The quantitative estimate of drug-likeness (QED) is 0.846. The third-order valence-electron chi connectivity index (χ3n) is 3.02. The van der Waals surface area contributed by atoms with E-state index in [1.165, 1.54) is 0 Å². The maximum atomic E-state index is 11.2. The van der Waals surface area contributed by atoms with Crippen LogP contribution in [0.2, 0.25) is 0 Å². The van der Waals surface area contributed by atoms with Gasteiger partial charge < -0.3 is 15.2 Å². The Morgan fingerprint density at radius 3 is 2.45 bits per heavy atom. The summed E-state index contributed by atoms with van der Waals surface area (Å²) in [7, 11) is 1.66. The van der Waals surface area contributed by atoms with E-state index in [0.717, 1.165) is 17.7 Å². The lowest BCUT2D eigenvalue weighted by Crippen LogP contribution is -2.04. The molecule has 0 aromatic heterocycles. The van der Waals surface area contributed by atoms with E-state index in [4.69, 9.17) is 4.74 Å². The first-order chi connectivity index (χ1) is 9.72. The van der Waals surface area contributed by atoms with Crippen LogP contribution in [0.1, 0.15) is 15.9 Å². The van der Waals surface area contributed by atoms with E-state index in [2.05, 4.69) is 5.32 Å². The van der Waals surface area contributed by atoms with Gasteiger partial charge in [0.15, 0.2) is 0 Å². The lowest BCUT2D eigenvalue weighted by molar-refractivity contribution is 0.0698. The number of carbonyl (C=O) groups is 1. The highest BCUT2D eigenvalue weighted by molar-refractivity contribution is 5.95.